The highest BCUT2D eigenvalue weighted by molar-refractivity contribution is 8.07. The van der Waals surface area contributed by atoms with Crippen molar-refractivity contribution in [3.05, 3.63) is 35.8 Å². The molecule has 20 heavy (non-hydrogen) atoms. The van der Waals surface area contributed by atoms with E-state index in [1.165, 1.54) is 6.07 Å². The van der Waals surface area contributed by atoms with Crippen molar-refractivity contribution in [2.24, 2.45) is 0 Å². The number of fused-ring (bicyclic) bond motifs is 1. The topological polar surface area (TPSA) is 30.2 Å². The Hall–Kier alpha value is -0.940. The number of rotatable bonds is 3. The van der Waals surface area contributed by atoms with E-state index in [-0.39, 0.29) is 22.4 Å². The third kappa shape index (κ3) is 2.49. The van der Waals surface area contributed by atoms with Crippen molar-refractivity contribution in [3.63, 3.8) is 0 Å². The van der Waals surface area contributed by atoms with Gasteiger partial charge in [-0.3, -0.25) is 4.79 Å². The molecule has 0 N–H and O–H groups in total. The quantitative estimate of drug-likeness (QED) is 0.787. The lowest BCUT2D eigenvalue weighted by molar-refractivity contribution is 0.0963. The minimum absolute atomic E-state index is 0.00958. The molecule has 2 nitrogen and oxygen atoms in total. The maximum Gasteiger partial charge on any atom is 0.212 e. The first-order valence-electron chi connectivity index (χ1n) is 6.66. The highest BCUT2D eigenvalue weighted by Crippen LogP contribution is 2.36. The SMILES string of the molecule is CCC1SCCSC1C(=O)c1cc2cccc(F)c2o1. The van der Waals surface area contributed by atoms with E-state index in [9.17, 15) is 9.18 Å². The summed E-state index contributed by atoms with van der Waals surface area (Å²) in [4.78, 5) is 12.6. The molecule has 0 aliphatic carbocycles. The lowest BCUT2D eigenvalue weighted by atomic mass is 10.1. The Bertz CT molecular complexity index is 638. The maximum absolute atomic E-state index is 13.6. The van der Waals surface area contributed by atoms with Crippen LogP contribution in [0.15, 0.2) is 28.7 Å². The van der Waals surface area contributed by atoms with E-state index in [0.717, 1.165) is 17.9 Å². The van der Waals surface area contributed by atoms with Gasteiger partial charge in [0, 0.05) is 22.1 Å². The number of thioether (sulfide) groups is 2. The van der Waals surface area contributed by atoms with Gasteiger partial charge in [-0.2, -0.15) is 11.8 Å². The van der Waals surface area contributed by atoms with Crippen LogP contribution in [-0.4, -0.2) is 27.8 Å². The summed E-state index contributed by atoms with van der Waals surface area (Å²) in [6, 6.07) is 6.40. The predicted octanol–water partition coefficient (Wildman–Crippen LogP) is 4.38. The fourth-order valence-corrected chi connectivity index (χ4v) is 5.44. The third-order valence-electron chi connectivity index (χ3n) is 3.45. The van der Waals surface area contributed by atoms with Crippen molar-refractivity contribution >= 4 is 40.3 Å². The van der Waals surface area contributed by atoms with Crippen molar-refractivity contribution in [1.29, 1.82) is 0 Å². The molecule has 1 fully saturated rings. The van der Waals surface area contributed by atoms with Gasteiger partial charge in [0.05, 0.1) is 5.25 Å². The van der Waals surface area contributed by atoms with Crippen molar-refractivity contribution in [1.82, 2.24) is 0 Å². The Balaban J connectivity index is 1.93. The molecule has 2 aromatic rings. The van der Waals surface area contributed by atoms with E-state index in [2.05, 4.69) is 6.92 Å². The maximum atomic E-state index is 13.6. The number of hydrogen-bond donors (Lipinski definition) is 0. The summed E-state index contributed by atoms with van der Waals surface area (Å²) < 4.78 is 19.1. The van der Waals surface area contributed by atoms with Gasteiger partial charge in [-0.15, -0.1) is 11.8 Å². The summed E-state index contributed by atoms with van der Waals surface area (Å²) in [5, 5.41) is 0.886. The van der Waals surface area contributed by atoms with Crippen LogP contribution in [0.3, 0.4) is 0 Å². The molecule has 1 aromatic heterocycles. The number of ketones is 1. The van der Waals surface area contributed by atoms with Crippen LogP contribution in [0.5, 0.6) is 0 Å². The van der Waals surface area contributed by atoms with Gasteiger partial charge in [-0.25, -0.2) is 4.39 Å². The van der Waals surface area contributed by atoms with Gasteiger partial charge < -0.3 is 4.42 Å². The zero-order chi connectivity index (χ0) is 14.1. The second-order valence-electron chi connectivity index (χ2n) is 4.74. The summed E-state index contributed by atoms with van der Waals surface area (Å²) in [5.41, 5.74) is 0.178. The first kappa shape index (κ1) is 14.0. The standard InChI is InChI=1S/C15H15FO2S2/c1-2-12-15(20-7-6-19-12)13(17)11-8-9-4-3-5-10(16)14(9)18-11/h3-5,8,12,15H,2,6-7H2,1H3. The molecule has 0 amide bonds. The molecule has 2 heterocycles. The molecule has 3 rings (SSSR count). The van der Waals surface area contributed by atoms with Crippen LogP contribution in [0.2, 0.25) is 0 Å². The van der Waals surface area contributed by atoms with Crippen LogP contribution in [-0.2, 0) is 0 Å². The van der Waals surface area contributed by atoms with Gasteiger partial charge in [0.1, 0.15) is 0 Å². The number of carbonyl (C=O) groups excluding carboxylic acids is 1. The van der Waals surface area contributed by atoms with Gasteiger partial charge >= 0.3 is 0 Å². The van der Waals surface area contributed by atoms with E-state index in [1.54, 1.807) is 30.0 Å². The van der Waals surface area contributed by atoms with Crippen LogP contribution in [0, 0.1) is 5.82 Å². The fraction of sp³-hybridized carbons (Fsp3) is 0.400. The molecule has 5 heteroatoms. The Morgan fingerprint density at radius 3 is 2.95 bits per heavy atom. The normalized spacial score (nSPS) is 23.1. The number of benzene rings is 1. The van der Waals surface area contributed by atoms with Crippen molar-refractivity contribution in [2.45, 2.75) is 23.8 Å². The number of halogens is 1. The first-order valence-corrected chi connectivity index (χ1v) is 8.76. The van der Waals surface area contributed by atoms with Crippen LogP contribution < -0.4 is 0 Å². The van der Waals surface area contributed by atoms with E-state index in [0.29, 0.717) is 10.6 Å². The molecule has 0 saturated carbocycles. The largest absolute Gasteiger partial charge is 0.450 e. The van der Waals surface area contributed by atoms with Crippen molar-refractivity contribution < 1.29 is 13.6 Å². The average molecular weight is 310 g/mol. The highest BCUT2D eigenvalue weighted by atomic mass is 32.2. The Morgan fingerprint density at radius 2 is 2.20 bits per heavy atom. The monoisotopic (exact) mass is 310 g/mol. The van der Waals surface area contributed by atoms with E-state index >= 15 is 0 Å². The van der Waals surface area contributed by atoms with E-state index in [4.69, 9.17) is 4.42 Å². The summed E-state index contributed by atoms with van der Waals surface area (Å²) in [7, 11) is 0. The molecular formula is C15H15FO2S2. The zero-order valence-corrected chi connectivity index (χ0v) is 12.7. The summed E-state index contributed by atoms with van der Waals surface area (Å²) >= 11 is 3.54. The molecule has 1 aliphatic rings. The van der Waals surface area contributed by atoms with E-state index < -0.39 is 5.82 Å². The summed E-state index contributed by atoms with van der Waals surface area (Å²) in [5.74, 6) is 1.92. The first-order chi connectivity index (χ1) is 9.70. The molecule has 2 atom stereocenters. The van der Waals surface area contributed by atoms with Gasteiger partial charge in [0.25, 0.3) is 0 Å². The molecule has 1 aliphatic heterocycles. The molecule has 0 radical (unpaired) electrons. The van der Waals surface area contributed by atoms with Crippen LogP contribution in [0.4, 0.5) is 4.39 Å². The number of carbonyl (C=O) groups is 1. The average Bonchev–Trinajstić information content (AvgIpc) is 2.92. The fourth-order valence-electron chi connectivity index (χ4n) is 2.43. The third-order valence-corrected chi connectivity index (χ3v) is 6.70. The highest BCUT2D eigenvalue weighted by Gasteiger charge is 2.33. The number of para-hydroxylation sites is 1. The Labute approximate surface area is 125 Å². The number of Topliss-reactive ketones (excluding diaryl/α,β-unsaturated/α-hetero) is 1. The molecular weight excluding hydrogens is 295 g/mol. The number of hydrogen-bond acceptors (Lipinski definition) is 4. The second kappa shape index (κ2) is 5.82. The van der Waals surface area contributed by atoms with Crippen molar-refractivity contribution in [3.8, 4) is 0 Å². The summed E-state index contributed by atoms with van der Waals surface area (Å²) in [6.07, 6.45) is 0.961. The van der Waals surface area contributed by atoms with Gasteiger partial charge in [-0.05, 0) is 18.6 Å². The van der Waals surface area contributed by atoms with Crippen molar-refractivity contribution in [2.75, 3.05) is 11.5 Å². The zero-order valence-electron chi connectivity index (χ0n) is 11.1. The summed E-state index contributed by atoms with van der Waals surface area (Å²) in [6.45, 7) is 2.10. The van der Waals surface area contributed by atoms with Crippen LogP contribution in [0.25, 0.3) is 11.0 Å². The lowest BCUT2D eigenvalue weighted by Crippen LogP contribution is -2.32. The molecule has 2 unspecified atom stereocenters. The van der Waals surface area contributed by atoms with Gasteiger partial charge in [0.15, 0.2) is 17.2 Å². The van der Waals surface area contributed by atoms with E-state index in [1.807, 2.05) is 11.8 Å². The Morgan fingerprint density at radius 1 is 1.40 bits per heavy atom. The molecule has 1 aromatic carbocycles. The van der Waals surface area contributed by atoms with Crippen LogP contribution >= 0.6 is 23.5 Å². The minimum Gasteiger partial charge on any atom is -0.450 e. The molecule has 106 valence electrons. The smallest absolute Gasteiger partial charge is 0.212 e. The van der Waals surface area contributed by atoms with Gasteiger partial charge in [-0.1, -0.05) is 19.1 Å². The van der Waals surface area contributed by atoms with Gasteiger partial charge in [0.2, 0.25) is 5.78 Å². The molecule has 1 saturated heterocycles. The minimum atomic E-state index is -0.417. The predicted molar refractivity (Wildman–Crippen MR) is 83.3 cm³/mol. The lowest BCUT2D eigenvalue weighted by Gasteiger charge is -2.27. The molecule has 0 spiro atoms. The Kier molecular flexibility index (Phi) is 4.08. The van der Waals surface area contributed by atoms with Crippen LogP contribution in [0.1, 0.15) is 23.9 Å². The second-order valence-corrected chi connectivity index (χ2v) is 7.34. The number of furan rings is 1. The molecule has 0 bridgehead atoms.